The van der Waals surface area contributed by atoms with Gasteiger partial charge in [-0.2, -0.15) is 4.98 Å². The second-order valence-corrected chi connectivity index (χ2v) is 11.9. The number of esters is 1. The molecule has 5 rings (SSSR count). The van der Waals surface area contributed by atoms with Crippen molar-refractivity contribution in [3.8, 4) is 22.5 Å². The number of carbonyl (C=O) groups is 3. The Bertz CT molecular complexity index is 1490. The molecule has 2 N–H and O–H groups in total. The summed E-state index contributed by atoms with van der Waals surface area (Å²) in [5.74, 6) is -2.48. The molecule has 3 aromatic rings. The molecule has 41 heavy (non-hydrogen) atoms. The largest absolute Gasteiger partial charge is 0.497 e. The predicted molar refractivity (Wildman–Crippen MR) is 151 cm³/mol. The molecule has 2 aromatic heterocycles. The van der Waals surface area contributed by atoms with Crippen LogP contribution < -0.4 is 14.8 Å². The van der Waals surface area contributed by atoms with Crippen LogP contribution in [0, 0.1) is 17.8 Å². The lowest BCUT2D eigenvalue weighted by molar-refractivity contribution is -0.151. The number of hydrogen-bond donors (Lipinski definition) is 2. The second kappa shape index (κ2) is 11.2. The summed E-state index contributed by atoms with van der Waals surface area (Å²) >= 11 is 1.44. The van der Waals surface area contributed by atoms with Gasteiger partial charge in [-0.05, 0) is 50.2 Å². The Hall–Kier alpha value is -3.80. The zero-order valence-electron chi connectivity index (χ0n) is 23.7. The lowest BCUT2D eigenvalue weighted by Gasteiger charge is -2.21. The van der Waals surface area contributed by atoms with E-state index in [0.717, 1.165) is 5.69 Å². The first-order valence-electron chi connectivity index (χ1n) is 13.8. The Kier molecular flexibility index (Phi) is 7.87. The van der Waals surface area contributed by atoms with Crippen molar-refractivity contribution in [1.29, 1.82) is 0 Å². The van der Waals surface area contributed by atoms with E-state index < -0.39 is 41.3 Å². The third kappa shape index (κ3) is 5.57. The Labute approximate surface area is 241 Å². The van der Waals surface area contributed by atoms with Gasteiger partial charge >= 0.3 is 11.9 Å². The van der Waals surface area contributed by atoms with E-state index in [9.17, 15) is 19.5 Å². The van der Waals surface area contributed by atoms with Crippen LogP contribution in [-0.4, -0.2) is 63.3 Å². The molecule has 0 radical (unpaired) electrons. The molecule has 2 fully saturated rings. The van der Waals surface area contributed by atoms with Crippen LogP contribution in [0.25, 0.3) is 21.7 Å². The van der Waals surface area contributed by atoms with Crippen molar-refractivity contribution in [3.63, 3.8) is 0 Å². The second-order valence-electron chi connectivity index (χ2n) is 11.0. The smallest absolute Gasteiger partial charge is 0.332 e. The van der Waals surface area contributed by atoms with Crippen molar-refractivity contribution < 1.29 is 33.7 Å². The van der Waals surface area contributed by atoms with Gasteiger partial charge in [0.25, 0.3) is 0 Å². The van der Waals surface area contributed by atoms with Gasteiger partial charge in [0.05, 0.1) is 42.1 Å². The predicted octanol–water partition coefficient (Wildman–Crippen LogP) is 4.20. The summed E-state index contributed by atoms with van der Waals surface area (Å²) in [6.07, 6.45) is 0.122. The Balaban J connectivity index is 1.42. The lowest BCUT2D eigenvalue weighted by atomic mass is 9.95. The highest BCUT2D eigenvalue weighted by atomic mass is 32.1. The number of aromatic nitrogens is 3. The molecule has 0 saturated heterocycles. The van der Waals surface area contributed by atoms with Gasteiger partial charge in [-0.25, -0.2) is 14.8 Å². The number of benzene rings is 1. The maximum atomic E-state index is 13.4. The van der Waals surface area contributed by atoms with Gasteiger partial charge in [-0.3, -0.25) is 9.59 Å². The third-order valence-electron chi connectivity index (χ3n) is 7.92. The number of methoxy groups -OCH3 is 1. The molecule has 1 aromatic carbocycles. The minimum Gasteiger partial charge on any atom is -0.497 e. The molecule has 0 bridgehead atoms. The maximum Gasteiger partial charge on any atom is 0.332 e. The third-order valence-corrected chi connectivity index (χ3v) is 8.78. The van der Waals surface area contributed by atoms with Gasteiger partial charge in [0.1, 0.15) is 17.4 Å². The molecule has 2 aliphatic carbocycles. The number of nitrogens with zero attached hydrogens (tertiary/aromatic N) is 3. The van der Waals surface area contributed by atoms with E-state index in [1.807, 2.05) is 12.3 Å². The number of rotatable bonds is 10. The standard InChI is InChI=1S/C29H34N4O7S/c1-6-39-28(37)29(12-15(29)4)33-24(34)19-9-17(10-20(19)27(35)36)40-25-18-8-7-16(38-5)11-21(18)30-23(32-25)26-31-22(13-41-26)14(2)3/h7-8,11,13-15,17,19-20H,6,9-10,12H2,1-5H3,(H,33,34)(H,35,36)/t15-,17-,19-,20-,29-/m1/s1. The molecule has 0 aliphatic heterocycles. The molecule has 2 aliphatic rings. The van der Waals surface area contributed by atoms with E-state index in [4.69, 9.17) is 24.2 Å². The number of ether oxygens (including phenoxy) is 3. The maximum absolute atomic E-state index is 13.4. The molecule has 0 unspecified atom stereocenters. The highest BCUT2D eigenvalue weighted by Gasteiger charge is 2.61. The number of carboxylic acid groups (broad SMARTS) is 1. The van der Waals surface area contributed by atoms with Gasteiger partial charge < -0.3 is 24.6 Å². The van der Waals surface area contributed by atoms with Gasteiger partial charge in [0, 0.05) is 11.4 Å². The molecular formula is C29H34N4O7S. The summed E-state index contributed by atoms with van der Waals surface area (Å²) in [4.78, 5) is 52.2. The minimum atomic E-state index is -1.10. The molecule has 2 heterocycles. The zero-order valence-corrected chi connectivity index (χ0v) is 24.5. The van der Waals surface area contributed by atoms with Crippen molar-refractivity contribution in [2.24, 2.45) is 17.8 Å². The fourth-order valence-electron chi connectivity index (χ4n) is 5.36. The highest BCUT2D eigenvalue weighted by Crippen LogP contribution is 2.45. The Morgan fingerprint density at radius 1 is 1.17 bits per heavy atom. The van der Waals surface area contributed by atoms with Crippen molar-refractivity contribution in [2.75, 3.05) is 13.7 Å². The monoisotopic (exact) mass is 582 g/mol. The minimum absolute atomic E-state index is 0.0907. The van der Waals surface area contributed by atoms with E-state index in [1.54, 1.807) is 32.2 Å². The first-order valence-corrected chi connectivity index (χ1v) is 14.6. The first kappa shape index (κ1) is 28.7. The van der Waals surface area contributed by atoms with Crippen molar-refractivity contribution in [3.05, 3.63) is 29.3 Å². The summed E-state index contributed by atoms with van der Waals surface area (Å²) in [5.41, 5.74) is 0.419. The molecule has 5 atom stereocenters. The molecule has 11 nitrogen and oxygen atoms in total. The molecule has 218 valence electrons. The summed E-state index contributed by atoms with van der Waals surface area (Å²) in [6.45, 7) is 7.87. The summed E-state index contributed by atoms with van der Waals surface area (Å²) < 4.78 is 16.9. The summed E-state index contributed by atoms with van der Waals surface area (Å²) in [5, 5.41) is 16.0. The average molecular weight is 583 g/mol. The Morgan fingerprint density at radius 3 is 2.51 bits per heavy atom. The first-order chi connectivity index (χ1) is 19.6. The number of fused-ring (bicyclic) bond motifs is 1. The Morgan fingerprint density at radius 2 is 1.90 bits per heavy atom. The van der Waals surface area contributed by atoms with Crippen LogP contribution in [0.4, 0.5) is 0 Å². The number of hydrogen-bond acceptors (Lipinski definition) is 10. The quantitative estimate of drug-likeness (QED) is 0.333. The topological polar surface area (TPSA) is 150 Å². The summed E-state index contributed by atoms with van der Waals surface area (Å²) in [7, 11) is 1.57. The van der Waals surface area contributed by atoms with Crippen molar-refractivity contribution >= 4 is 40.1 Å². The molecule has 2 saturated carbocycles. The van der Waals surface area contributed by atoms with E-state index in [-0.39, 0.29) is 37.2 Å². The number of amides is 1. The van der Waals surface area contributed by atoms with Crippen molar-refractivity contribution in [1.82, 2.24) is 20.3 Å². The van der Waals surface area contributed by atoms with E-state index in [0.29, 0.717) is 33.9 Å². The van der Waals surface area contributed by atoms with Gasteiger partial charge in [-0.1, -0.05) is 20.8 Å². The van der Waals surface area contributed by atoms with Crippen molar-refractivity contribution in [2.45, 2.75) is 64.5 Å². The molecular weight excluding hydrogens is 548 g/mol. The number of aliphatic carboxylic acids is 1. The molecule has 1 amide bonds. The number of thiazole rings is 1. The fourth-order valence-corrected chi connectivity index (χ4v) is 6.27. The van der Waals surface area contributed by atoms with Crippen LogP contribution in [0.3, 0.4) is 0 Å². The van der Waals surface area contributed by atoms with Crippen LogP contribution in [0.5, 0.6) is 11.6 Å². The van der Waals surface area contributed by atoms with Crippen LogP contribution >= 0.6 is 11.3 Å². The number of carboxylic acids is 1. The summed E-state index contributed by atoms with van der Waals surface area (Å²) in [6, 6.07) is 5.34. The van der Waals surface area contributed by atoms with Crippen LogP contribution in [0.1, 0.15) is 58.6 Å². The number of carbonyl (C=O) groups excluding carboxylic acids is 2. The normalized spacial score (nSPS) is 25.2. The van der Waals surface area contributed by atoms with Gasteiger partial charge in [0.15, 0.2) is 10.8 Å². The lowest BCUT2D eigenvalue weighted by Crippen LogP contribution is -2.49. The van der Waals surface area contributed by atoms with Gasteiger partial charge in [-0.15, -0.1) is 11.3 Å². The van der Waals surface area contributed by atoms with Gasteiger partial charge in [0.2, 0.25) is 11.8 Å². The molecule has 0 spiro atoms. The van der Waals surface area contributed by atoms with E-state index in [2.05, 4.69) is 24.1 Å². The fraction of sp³-hybridized carbons (Fsp3) is 0.517. The van der Waals surface area contributed by atoms with Crippen LogP contribution in [-0.2, 0) is 19.1 Å². The van der Waals surface area contributed by atoms with E-state index in [1.165, 1.54) is 11.3 Å². The SMILES string of the molecule is CCOC(=O)[C@@]1(NC(=O)[C@@H]2C[C@@H](Oc3nc(-c4nc(C(C)C)cs4)nc4cc(OC)ccc34)C[C@H]2C(=O)O)C[C@H]1C. The van der Waals surface area contributed by atoms with E-state index >= 15 is 0 Å². The van der Waals surface area contributed by atoms with Crippen LogP contribution in [0.15, 0.2) is 23.6 Å². The van der Waals surface area contributed by atoms with Crippen LogP contribution in [0.2, 0.25) is 0 Å². The zero-order chi connectivity index (χ0) is 29.5. The molecule has 12 heteroatoms. The number of nitrogens with one attached hydrogen (secondary N) is 1. The average Bonchev–Trinajstić information content (AvgIpc) is 3.30. The highest BCUT2D eigenvalue weighted by molar-refractivity contribution is 7.13.